The van der Waals surface area contributed by atoms with Crippen molar-refractivity contribution in [2.75, 3.05) is 4.90 Å². The number of carbonyl (C=O) groups excluding carboxylic acids is 1. The van der Waals surface area contributed by atoms with Crippen LogP contribution in [0, 0.1) is 0 Å². The van der Waals surface area contributed by atoms with E-state index in [2.05, 4.69) is 22.0 Å². The van der Waals surface area contributed by atoms with Crippen molar-refractivity contribution in [3.63, 3.8) is 0 Å². The molecule has 28 heavy (non-hydrogen) atoms. The van der Waals surface area contributed by atoms with Crippen LogP contribution in [0.15, 0.2) is 77.3 Å². The molecule has 0 fully saturated rings. The summed E-state index contributed by atoms with van der Waals surface area (Å²) in [5.74, 6) is 0. The number of anilines is 1. The fourth-order valence-electron chi connectivity index (χ4n) is 3.62. The molecule has 0 N–H and O–H groups in total. The zero-order valence-electron chi connectivity index (χ0n) is 15.1. The minimum absolute atomic E-state index is 0.115. The van der Waals surface area contributed by atoms with Crippen molar-refractivity contribution in [1.29, 1.82) is 0 Å². The molecular weight excluding hydrogens is 438 g/mol. The van der Waals surface area contributed by atoms with Crippen LogP contribution in [0.4, 0.5) is 10.5 Å². The lowest BCUT2D eigenvalue weighted by molar-refractivity contribution is 0.143. The Morgan fingerprint density at radius 1 is 1.07 bits per heavy atom. The van der Waals surface area contributed by atoms with Gasteiger partial charge in [-0.1, -0.05) is 70.0 Å². The lowest BCUT2D eigenvalue weighted by Gasteiger charge is -2.37. The monoisotopic (exact) mass is 455 g/mol. The number of benzene rings is 3. The average Bonchev–Trinajstić information content (AvgIpc) is 2.71. The maximum Gasteiger partial charge on any atom is 0.415 e. The molecule has 3 nitrogen and oxygen atoms in total. The van der Waals surface area contributed by atoms with Crippen LogP contribution in [0.1, 0.15) is 29.2 Å². The van der Waals surface area contributed by atoms with Crippen molar-refractivity contribution in [3.05, 3.63) is 99.0 Å². The second kappa shape index (κ2) is 8.38. The highest BCUT2D eigenvalue weighted by atomic mass is 79.9. The van der Waals surface area contributed by atoms with Crippen LogP contribution in [0.25, 0.3) is 0 Å². The summed E-state index contributed by atoms with van der Waals surface area (Å²) in [5.41, 5.74) is 3.99. The molecule has 3 aromatic rings. The van der Waals surface area contributed by atoms with Gasteiger partial charge < -0.3 is 4.74 Å². The molecule has 1 amide bonds. The van der Waals surface area contributed by atoms with Gasteiger partial charge in [0.2, 0.25) is 0 Å². The van der Waals surface area contributed by atoms with Gasteiger partial charge in [0.05, 0.1) is 11.7 Å². The summed E-state index contributed by atoms with van der Waals surface area (Å²) >= 11 is 9.74. The van der Waals surface area contributed by atoms with Crippen molar-refractivity contribution >= 4 is 39.3 Å². The van der Waals surface area contributed by atoms with E-state index in [1.54, 1.807) is 4.90 Å². The summed E-state index contributed by atoms with van der Waals surface area (Å²) in [6, 6.07) is 23.3. The number of carbonyl (C=O) groups is 1. The predicted molar refractivity (Wildman–Crippen MR) is 116 cm³/mol. The number of aryl methyl sites for hydroxylation is 1. The molecule has 0 radical (unpaired) electrons. The van der Waals surface area contributed by atoms with Gasteiger partial charge in [-0.25, -0.2) is 4.79 Å². The normalized spacial score (nSPS) is 15.8. The Morgan fingerprint density at radius 3 is 2.68 bits per heavy atom. The smallest absolute Gasteiger partial charge is 0.415 e. The Balaban J connectivity index is 1.66. The molecule has 1 aliphatic heterocycles. The standard InChI is InChI=1S/C23H19BrClNO2/c24-19-10-12-22-18(13-19)9-11-21(17-7-4-8-20(25)14-17)26(22)23(27)28-15-16-5-2-1-3-6-16/h1-8,10,12-14,21H,9,11,15H2. The number of ether oxygens (including phenoxy) is 1. The van der Waals surface area contributed by atoms with Crippen LogP contribution in [-0.4, -0.2) is 6.09 Å². The number of hydrogen-bond acceptors (Lipinski definition) is 2. The highest BCUT2D eigenvalue weighted by Gasteiger charge is 2.33. The van der Waals surface area contributed by atoms with Crippen LogP contribution in [0.2, 0.25) is 5.02 Å². The molecule has 0 saturated carbocycles. The van der Waals surface area contributed by atoms with Crippen molar-refractivity contribution in [2.24, 2.45) is 0 Å². The van der Waals surface area contributed by atoms with Crippen molar-refractivity contribution in [3.8, 4) is 0 Å². The molecule has 1 heterocycles. The second-order valence-corrected chi connectivity index (χ2v) is 8.14. The fourth-order valence-corrected chi connectivity index (χ4v) is 4.23. The minimum atomic E-state index is -0.350. The van der Waals surface area contributed by atoms with E-state index < -0.39 is 0 Å². The van der Waals surface area contributed by atoms with E-state index in [-0.39, 0.29) is 18.7 Å². The Hall–Kier alpha value is -2.30. The van der Waals surface area contributed by atoms with E-state index in [4.69, 9.17) is 16.3 Å². The number of halogens is 2. The molecule has 4 rings (SSSR count). The fraction of sp³-hybridized carbons (Fsp3) is 0.174. The van der Waals surface area contributed by atoms with E-state index in [1.807, 2.05) is 66.7 Å². The van der Waals surface area contributed by atoms with Crippen LogP contribution in [-0.2, 0) is 17.8 Å². The van der Waals surface area contributed by atoms with Crippen LogP contribution in [0.3, 0.4) is 0 Å². The predicted octanol–water partition coefficient (Wildman–Crippen LogP) is 6.93. The molecule has 142 valence electrons. The average molecular weight is 457 g/mol. The number of nitrogens with zero attached hydrogens (tertiary/aromatic N) is 1. The van der Waals surface area contributed by atoms with Crippen LogP contribution in [0.5, 0.6) is 0 Å². The minimum Gasteiger partial charge on any atom is -0.444 e. The molecule has 0 bridgehead atoms. The third-order valence-corrected chi connectivity index (χ3v) is 5.66. The molecule has 3 aromatic carbocycles. The second-order valence-electron chi connectivity index (χ2n) is 6.79. The zero-order valence-corrected chi connectivity index (χ0v) is 17.5. The van der Waals surface area contributed by atoms with E-state index in [0.29, 0.717) is 5.02 Å². The van der Waals surface area contributed by atoms with Crippen LogP contribution >= 0.6 is 27.5 Å². The zero-order chi connectivity index (χ0) is 19.5. The number of rotatable bonds is 3. The van der Waals surface area contributed by atoms with E-state index in [9.17, 15) is 4.79 Å². The molecule has 0 aromatic heterocycles. The topological polar surface area (TPSA) is 29.5 Å². The summed E-state index contributed by atoms with van der Waals surface area (Å²) < 4.78 is 6.68. The first kappa shape index (κ1) is 19.0. The summed E-state index contributed by atoms with van der Waals surface area (Å²) in [6.07, 6.45) is 1.34. The van der Waals surface area contributed by atoms with Crippen molar-refractivity contribution < 1.29 is 9.53 Å². The summed E-state index contributed by atoms with van der Waals surface area (Å²) in [4.78, 5) is 14.9. The molecule has 1 unspecified atom stereocenters. The molecule has 0 aliphatic carbocycles. The van der Waals surface area contributed by atoms with Crippen molar-refractivity contribution in [2.45, 2.75) is 25.5 Å². The summed E-state index contributed by atoms with van der Waals surface area (Å²) in [6.45, 7) is 0.240. The SMILES string of the molecule is O=C(OCc1ccccc1)N1c2ccc(Br)cc2CCC1c1cccc(Cl)c1. The van der Waals surface area contributed by atoms with Gasteiger partial charge in [-0.05, 0) is 59.9 Å². The number of amides is 1. The quantitative estimate of drug-likeness (QED) is 0.427. The molecular formula is C23H19BrClNO2. The Labute approximate surface area is 178 Å². The summed E-state index contributed by atoms with van der Waals surface area (Å²) in [7, 11) is 0. The third-order valence-electron chi connectivity index (χ3n) is 4.94. The Kier molecular flexibility index (Phi) is 5.69. The lowest BCUT2D eigenvalue weighted by atomic mass is 9.91. The van der Waals surface area contributed by atoms with E-state index >= 15 is 0 Å². The van der Waals surface area contributed by atoms with Gasteiger partial charge in [0, 0.05) is 9.50 Å². The Morgan fingerprint density at radius 2 is 1.89 bits per heavy atom. The van der Waals surface area contributed by atoms with Gasteiger partial charge in [0.15, 0.2) is 0 Å². The molecule has 1 atom stereocenters. The largest absolute Gasteiger partial charge is 0.444 e. The maximum absolute atomic E-state index is 13.1. The van der Waals surface area contributed by atoms with Gasteiger partial charge >= 0.3 is 6.09 Å². The van der Waals surface area contributed by atoms with E-state index in [1.165, 1.54) is 0 Å². The Bertz CT molecular complexity index is 993. The van der Waals surface area contributed by atoms with Gasteiger partial charge in [-0.3, -0.25) is 4.90 Å². The molecule has 1 aliphatic rings. The molecule has 0 saturated heterocycles. The highest BCUT2D eigenvalue weighted by molar-refractivity contribution is 9.10. The van der Waals surface area contributed by atoms with Crippen LogP contribution < -0.4 is 4.90 Å². The number of fused-ring (bicyclic) bond motifs is 1. The first-order chi connectivity index (χ1) is 13.6. The molecule has 5 heteroatoms. The van der Waals surface area contributed by atoms with Gasteiger partial charge in [-0.2, -0.15) is 0 Å². The first-order valence-corrected chi connectivity index (χ1v) is 10.3. The van der Waals surface area contributed by atoms with E-state index in [0.717, 1.165) is 39.7 Å². The summed E-state index contributed by atoms with van der Waals surface area (Å²) in [5, 5.41) is 0.664. The first-order valence-electron chi connectivity index (χ1n) is 9.15. The molecule has 0 spiro atoms. The maximum atomic E-state index is 13.1. The van der Waals surface area contributed by atoms with Gasteiger partial charge in [-0.15, -0.1) is 0 Å². The van der Waals surface area contributed by atoms with Gasteiger partial charge in [0.1, 0.15) is 6.61 Å². The van der Waals surface area contributed by atoms with Crippen molar-refractivity contribution in [1.82, 2.24) is 0 Å². The van der Waals surface area contributed by atoms with Gasteiger partial charge in [0.25, 0.3) is 0 Å². The lowest BCUT2D eigenvalue weighted by Crippen LogP contribution is -2.38. The highest BCUT2D eigenvalue weighted by Crippen LogP contribution is 2.40. The number of hydrogen-bond donors (Lipinski definition) is 0. The third kappa shape index (κ3) is 4.08.